The van der Waals surface area contributed by atoms with E-state index < -0.39 is 18.5 Å². The number of nitriles is 1. The quantitative estimate of drug-likeness (QED) is 0.855. The van der Waals surface area contributed by atoms with Gasteiger partial charge in [-0.15, -0.1) is 0 Å². The minimum atomic E-state index is -0.702. The highest BCUT2D eigenvalue weighted by Gasteiger charge is 2.13. The molecule has 7 heteroatoms. The molecule has 0 radical (unpaired) electrons. The van der Waals surface area contributed by atoms with Crippen molar-refractivity contribution in [2.45, 2.75) is 0 Å². The van der Waals surface area contributed by atoms with Crippen molar-refractivity contribution in [1.82, 2.24) is 0 Å². The van der Waals surface area contributed by atoms with Crippen molar-refractivity contribution >= 4 is 40.8 Å². The van der Waals surface area contributed by atoms with Crippen molar-refractivity contribution in [3.63, 3.8) is 0 Å². The SMILES string of the molecule is N#Cc1ccccc1NC(=O)COC(=O)c1ccc(Cl)c(Cl)c1. The Morgan fingerprint density at radius 2 is 1.87 bits per heavy atom. The Hall–Kier alpha value is -2.55. The van der Waals surface area contributed by atoms with Crippen LogP contribution in [-0.4, -0.2) is 18.5 Å². The minimum Gasteiger partial charge on any atom is -0.452 e. The maximum absolute atomic E-state index is 11.8. The third-order valence-corrected chi connectivity index (χ3v) is 3.55. The summed E-state index contributed by atoms with van der Waals surface area (Å²) < 4.78 is 4.89. The molecule has 0 fully saturated rings. The summed E-state index contributed by atoms with van der Waals surface area (Å²) in [6.45, 7) is -0.487. The summed E-state index contributed by atoms with van der Waals surface area (Å²) in [4.78, 5) is 23.6. The van der Waals surface area contributed by atoms with Gasteiger partial charge in [-0.05, 0) is 30.3 Å². The average molecular weight is 349 g/mol. The molecule has 0 aromatic heterocycles. The number of amides is 1. The number of para-hydroxylation sites is 1. The van der Waals surface area contributed by atoms with E-state index in [0.29, 0.717) is 16.3 Å². The van der Waals surface area contributed by atoms with Crippen molar-refractivity contribution in [2.75, 3.05) is 11.9 Å². The maximum atomic E-state index is 11.8. The number of benzene rings is 2. The van der Waals surface area contributed by atoms with E-state index in [1.807, 2.05) is 6.07 Å². The van der Waals surface area contributed by atoms with Crippen molar-refractivity contribution in [2.24, 2.45) is 0 Å². The van der Waals surface area contributed by atoms with E-state index in [2.05, 4.69) is 5.32 Å². The van der Waals surface area contributed by atoms with E-state index >= 15 is 0 Å². The first-order chi connectivity index (χ1) is 11.0. The molecular weight excluding hydrogens is 339 g/mol. The van der Waals surface area contributed by atoms with Gasteiger partial charge in [-0.25, -0.2) is 4.79 Å². The Bertz CT molecular complexity index is 800. The summed E-state index contributed by atoms with van der Waals surface area (Å²) in [6.07, 6.45) is 0. The van der Waals surface area contributed by atoms with Gasteiger partial charge in [-0.3, -0.25) is 4.79 Å². The van der Waals surface area contributed by atoms with Crippen LogP contribution < -0.4 is 5.32 Å². The van der Waals surface area contributed by atoms with E-state index in [0.717, 1.165) is 0 Å². The predicted octanol–water partition coefficient (Wildman–Crippen LogP) is 3.66. The van der Waals surface area contributed by atoms with Gasteiger partial charge >= 0.3 is 5.97 Å². The molecule has 1 N–H and O–H groups in total. The van der Waals surface area contributed by atoms with E-state index in [4.69, 9.17) is 33.2 Å². The van der Waals surface area contributed by atoms with Crippen molar-refractivity contribution in [3.8, 4) is 6.07 Å². The number of anilines is 1. The fourth-order valence-electron chi connectivity index (χ4n) is 1.71. The number of hydrogen-bond acceptors (Lipinski definition) is 4. The standard InChI is InChI=1S/C16H10Cl2N2O3/c17-12-6-5-10(7-13(12)18)16(22)23-9-15(21)20-14-4-2-1-3-11(14)8-19/h1-7H,9H2,(H,20,21). The molecule has 0 saturated heterocycles. The third kappa shape index (κ3) is 4.46. The normalized spacial score (nSPS) is 9.78. The Morgan fingerprint density at radius 1 is 1.13 bits per heavy atom. The molecule has 116 valence electrons. The lowest BCUT2D eigenvalue weighted by molar-refractivity contribution is -0.119. The van der Waals surface area contributed by atoms with Crippen LogP contribution in [0.2, 0.25) is 10.0 Å². The van der Waals surface area contributed by atoms with Gasteiger partial charge in [0, 0.05) is 0 Å². The van der Waals surface area contributed by atoms with Crippen molar-refractivity contribution in [3.05, 3.63) is 63.6 Å². The predicted molar refractivity (Wildman–Crippen MR) is 86.5 cm³/mol. The highest BCUT2D eigenvalue weighted by Crippen LogP contribution is 2.23. The molecule has 2 aromatic rings. The van der Waals surface area contributed by atoms with Crippen LogP contribution in [0, 0.1) is 11.3 Å². The monoisotopic (exact) mass is 348 g/mol. The van der Waals surface area contributed by atoms with E-state index in [-0.39, 0.29) is 10.6 Å². The molecule has 23 heavy (non-hydrogen) atoms. The van der Waals surface area contributed by atoms with Crippen LogP contribution in [0.1, 0.15) is 15.9 Å². The molecule has 0 aliphatic carbocycles. The molecule has 0 bridgehead atoms. The Kier molecular flexibility index (Phi) is 5.58. The highest BCUT2D eigenvalue weighted by atomic mass is 35.5. The molecule has 2 rings (SSSR count). The summed E-state index contributed by atoms with van der Waals surface area (Å²) in [6, 6.07) is 12.7. The molecule has 0 spiro atoms. The highest BCUT2D eigenvalue weighted by molar-refractivity contribution is 6.42. The summed E-state index contributed by atoms with van der Waals surface area (Å²) in [7, 11) is 0. The number of rotatable bonds is 4. The van der Waals surface area contributed by atoms with Gasteiger partial charge in [-0.1, -0.05) is 35.3 Å². The molecule has 0 aliphatic rings. The van der Waals surface area contributed by atoms with E-state index in [1.165, 1.54) is 18.2 Å². The number of nitrogens with zero attached hydrogens (tertiary/aromatic N) is 1. The van der Waals surface area contributed by atoms with Crippen molar-refractivity contribution in [1.29, 1.82) is 5.26 Å². The maximum Gasteiger partial charge on any atom is 0.338 e. The number of nitrogens with one attached hydrogen (secondary N) is 1. The summed E-state index contributed by atoms with van der Waals surface area (Å²) in [5.74, 6) is -1.26. The average Bonchev–Trinajstić information content (AvgIpc) is 2.55. The minimum absolute atomic E-state index is 0.185. The lowest BCUT2D eigenvalue weighted by Gasteiger charge is -2.08. The molecule has 0 saturated carbocycles. The first kappa shape index (κ1) is 16.8. The van der Waals surface area contributed by atoms with Gasteiger partial charge in [0.1, 0.15) is 6.07 Å². The zero-order valence-corrected chi connectivity index (χ0v) is 13.2. The van der Waals surface area contributed by atoms with Gasteiger partial charge in [0.05, 0.1) is 26.9 Å². The molecule has 0 aliphatic heterocycles. The van der Waals surface area contributed by atoms with Crippen LogP contribution in [0.25, 0.3) is 0 Å². The van der Waals surface area contributed by atoms with Crippen LogP contribution in [0.15, 0.2) is 42.5 Å². The fourth-order valence-corrected chi connectivity index (χ4v) is 2.01. The van der Waals surface area contributed by atoms with E-state index in [9.17, 15) is 9.59 Å². The number of hydrogen-bond donors (Lipinski definition) is 1. The molecule has 0 atom stereocenters. The smallest absolute Gasteiger partial charge is 0.338 e. The first-order valence-corrected chi connectivity index (χ1v) is 7.18. The number of carbonyl (C=O) groups excluding carboxylic acids is 2. The zero-order valence-electron chi connectivity index (χ0n) is 11.7. The van der Waals surface area contributed by atoms with Gasteiger partial charge in [0.15, 0.2) is 6.61 Å². The molecule has 5 nitrogen and oxygen atoms in total. The largest absolute Gasteiger partial charge is 0.452 e. The van der Waals surface area contributed by atoms with Crippen LogP contribution in [0.4, 0.5) is 5.69 Å². The summed E-state index contributed by atoms with van der Waals surface area (Å²) in [5, 5.41) is 12.0. The van der Waals surface area contributed by atoms with Gasteiger partial charge in [-0.2, -0.15) is 5.26 Å². The fraction of sp³-hybridized carbons (Fsp3) is 0.0625. The second-order valence-corrected chi connectivity index (χ2v) is 5.22. The number of halogens is 2. The molecule has 1 amide bonds. The Balaban J connectivity index is 1.95. The van der Waals surface area contributed by atoms with Gasteiger partial charge < -0.3 is 10.1 Å². The first-order valence-electron chi connectivity index (χ1n) is 6.42. The Morgan fingerprint density at radius 3 is 2.57 bits per heavy atom. The third-order valence-electron chi connectivity index (χ3n) is 2.81. The van der Waals surface area contributed by atoms with Crippen molar-refractivity contribution < 1.29 is 14.3 Å². The second-order valence-electron chi connectivity index (χ2n) is 4.41. The molecule has 2 aromatic carbocycles. The van der Waals surface area contributed by atoms with Crippen LogP contribution in [0.3, 0.4) is 0 Å². The zero-order chi connectivity index (χ0) is 16.8. The van der Waals surface area contributed by atoms with Crippen LogP contribution in [0.5, 0.6) is 0 Å². The van der Waals surface area contributed by atoms with Gasteiger partial charge in [0.2, 0.25) is 0 Å². The van der Waals surface area contributed by atoms with Gasteiger partial charge in [0.25, 0.3) is 5.91 Å². The molecular formula is C16H10Cl2N2O3. The van der Waals surface area contributed by atoms with Crippen LogP contribution in [-0.2, 0) is 9.53 Å². The molecule has 0 heterocycles. The lowest BCUT2D eigenvalue weighted by Crippen LogP contribution is -2.21. The summed E-state index contributed by atoms with van der Waals surface area (Å²) >= 11 is 11.6. The number of ether oxygens (including phenoxy) is 1. The topological polar surface area (TPSA) is 79.2 Å². The summed E-state index contributed by atoms with van der Waals surface area (Å²) in [5.41, 5.74) is 0.854. The van der Waals surface area contributed by atoms with Crippen LogP contribution >= 0.6 is 23.2 Å². The lowest BCUT2D eigenvalue weighted by atomic mass is 10.2. The second kappa shape index (κ2) is 7.63. The molecule has 0 unspecified atom stereocenters. The number of esters is 1. The number of carbonyl (C=O) groups is 2. The Labute approximate surface area is 142 Å². The van der Waals surface area contributed by atoms with E-state index in [1.54, 1.807) is 24.3 Å².